The number of nitrogens with zero attached hydrogens (tertiary/aromatic N) is 2. The van der Waals surface area contributed by atoms with Gasteiger partial charge in [-0.2, -0.15) is 0 Å². The first-order valence-corrected chi connectivity index (χ1v) is 7.05. The summed E-state index contributed by atoms with van der Waals surface area (Å²) in [6.45, 7) is 3.32. The molecule has 0 aliphatic carbocycles. The van der Waals surface area contributed by atoms with Gasteiger partial charge in [0.1, 0.15) is 5.82 Å². The topological polar surface area (TPSA) is 71.5 Å². The lowest BCUT2D eigenvalue weighted by Gasteiger charge is -2.18. The number of nitrogens with one attached hydrogen (secondary N) is 1. The molecule has 0 saturated heterocycles. The van der Waals surface area contributed by atoms with E-state index in [0.29, 0.717) is 18.9 Å². The van der Waals surface area contributed by atoms with Crippen molar-refractivity contribution in [3.63, 3.8) is 0 Å². The number of rotatable bonds is 7. The second-order valence-corrected chi connectivity index (χ2v) is 5.02. The minimum Gasteiger partial charge on any atom is -0.469 e. The van der Waals surface area contributed by atoms with Gasteiger partial charge in [0, 0.05) is 17.2 Å². The number of hydrogen-bond donors (Lipinski definition) is 1. The van der Waals surface area contributed by atoms with Crippen LogP contribution in [0.1, 0.15) is 13.3 Å². The predicted octanol–water partition coefficient (Wildman–Crippen LogP) is 1.67. The van der Waals surface area contributed by atoms with Crippen molar-refractivity contribution in [3.8, 4) is 0 Å². The highest BCUT2D eigenvalue weighted by atomic mass is 79.9. The van der Waals surface area contributed by atoms with Crippen molar-refractivity contribution in [1.82, 2.24) is 9.88 Å². The maximum absolute atomic E-state index is 11.9. The van der Waals surface area contributed by atoms with Gasteiger partial charge in [0.2, 0.25) is 5.91 Å². The first-order chi connectivity index (χ1) is 9.55. The Labute approximate surface area is 126 Å². The molecule has 0 bridgehead atoms. The number of halogens is 1. The number of carbonyl (C=O) groups excluding carboxylic acids is 2. The van der Waals surface area contributed by atoms with E-state index in [2.05, 4.69) is 31.0 Å². The highest BCUT2D eigenvalue weighted by Gasteiger charge is 2.11. The average Bonchev–Trinajstić information content (AvgIpc) is 2.45. The summed E-state index contributed by atoms with van der Waals surface area (Å²) in [4.78, 5) is 28.9. The second kappa shape index (κ2) is 8.65. The molecule has 0 saturated carbocycles. The van der Waals surface area contributed by atoms with E-state index in [1.165, 1.54) is 7.11 Å². The van der Waals surface area contributed by atoms with Gasteiger partial charge in [-0.05, 0) is 34.6 Å². The zero-order valence-electron chi connectivity index (χ0n) is 11.6. The van der Waals surface area contributed by atoms with Gasteiger partial charge in [-0.1, -0.05) is 6.92 Å². The minimum absolute atomic E-state index is 0.161. The SMILES string of the molecule is CCN(CCC(=O)OC)CC(=O)Nc1ccc(Br)cn1. The Morgan fingerprint density at radius 3 is 2.75 bits per heavy atom. The van der Waals surface area contributed by atoms with Crippen molar-refractivity contribution < 1.29 is 14.3 Å². The Kier molecular flexibility index (Phi) is 7.17. The van der Waals surface area contributed by atoms with Crippen LogP contribution < -0.4 is 5.32 Å². The number of carbonyl (C=O) groups is 2. The monoisotopic (exact) mass is 343 g/mol. The molecule has 1 N–H and O–H groups in total. The summed E-state index contributed by atoms with van der Waals surface area (Å²) in [6.07, 6.45) is 1.89. The fourth-order valence-corrected chi connectivity index (χ4v) is 1.77. The van der Waals surface area contributed by atoms with Crippen molar-refractivity contribution in [2.24, 2.45) is 0 Å². The van der Waals surface area contributed by atoms with E-state index < -0.39 is 0 Å². The van der Waals surface area contributed by atoms with Gasteiger partial charge in [0.25, 0.3) is 0 Å². The summed E-state index contributed by atoms with van der Waals surface area (Å²) in [5.41, 5.74) is 0. The number of anilines is 1. The van der Waals surface area contributed by atoms with Crippen molar-refractivity contribution in [2.45, 2.75) is 13.3 Å². The number of likely N-dealkylation sites (N-methyl/N-ethyl adjacent to an activating group) is 1. The molecule has 110 valence electrons. The largest absolute Gasteiger partial charge is 0.469 e. The van der Waals surface area contributed by atoms with Crippen molar-refractivity contribution >= 4 is 33.6 Å². The molecule has 0 fully saturated rings. The summed E-state index contributed by atoms with van der Waals surface area (Å²) < 4.78 is 5.43. The van der Waals surface area contributed by atoms with Crippen LogP contribution in [0.4, 0.5) is 5.82 Å². The van der Waals surface area contributed by atoms with E-state index in [4.69, 9.17) is 0 Å². The molecule has 1 aromatic heterocycles. The normalized spacial score (nSPS) is 10.4. The summed E-state index contributed by atoms with van der Waals surface area (Å²) in [5.74, 6) is 0.0622. The smallest absolute Gasteiger partial charge is 0.306 e. The van der Waals surface area contributed by atoms with Gasteiger partial charge in [-0.25, -0.2) is 4.98 Å². The fraction of sp³-hybridized carbons (Fsp3) is 0.462. The molecule has 1 heterocycles. The summed E-state index contributed by atoms with van der Waals surface area (Å²) in [5, 5.41) is 2.71. The number of methoxy groups -OCH3 is 1. The lowest BCUT2D eigenvalue weighted by molar-refractivity contribution is -0.141. The molecule has 1 rings (SSSR count). The van der Waals surface area contributed by atoms with Crippen molar-refractivity contribution in [3.05, 3.63) is 22.8 Å². The molecule has 0 spiro atoms. The van der Waals surface area contributed by atoms with Crippen LogP contribution in [0.5, 0.6) is 0 Å². The predicted molar refractivity (Wildman–Crippen MR) is 79.3 cm³/mol. The van der Waals surface area contributed by atoms with Gasteiger partial charge in [0.15, 0.2) is 0 Å². The zero-order chi connectivity index (χ0) is 15.0. The lowest BCUT2D eigenvalue weighted by atomic mass is 10.3. The van der Waals surface area contributed by atoms with Crippen LogP contribution in [0.2, 0.25) is 0 Å². The van der Waals surface area contributed by atoms with E-state index >= 15 is 0 Å². The average molecular weight is 344 g/mol. The fourth-order valence-electron chi connectivity index (χ4n) is 1.54. The molecule has 20 heavy (non-hydrogen) atoms. The molecular formula is C13H18BrN3O3. The number of amides is 1. The molecule has 0 radical (unpaired) electrons. The summed E-state index contributed by atoms with van der Waals surface area (Å²) in [6, 6.07) is 3.52. The molecule has 1 aromatic rings. The van der Waals surface area contributed by atoms with Gasteiger partial charge in [-0.3, -0.25) is 14.5 Å². The Balaban J connectivity index is 2.42. The number of ether oxygens (including phenoxy) is 1. The van der Waals surface area contributed by atoms with Gasteiger partial charge < -0.3 is 10.1 Å². The number of hydrogen-bond acceptors (Lipinski definition) is 5. The molecule has 6 nitrogen and oxygen atoms in total. The minimum atomic E-state index is -0.279. The standard InChI is InChI=1S/C13H18BrN3O3/c1-3-17(7-6-13(19)20-2)9-12(18)16-11-5-4-10(14)8-15-11/h4-5,8H,3,6-7,9H2,1-2H3,(H,15,16,18). The molecule has 0 aliphatic heterocycles. The van der Waals surface area contributed by atoms with E-state index in [9.17, 15) is 9.59 Å². The van der Waals surface area contributed by atoms with Crippen LogP contribution >= 0.6 is 15.9 Å². The third-order valence-corrected chi connectivity index (χ3v) is 3.14. The van der Waals surface area contributed by atoms with E-state index in [1.807, 2.05) is 11.8 Å². The number of pyridine rings is 1. The molecule has 0 aliphatic rings. The molecule has 0 atom stereocenters. The first kappa shape index (κ1) is 16.6. The Morgan fingerprint density at radius 2 is 2.20 bits per heavy atom. The highest BCUT2D eigenvalue weighted by Crippen LogP contribution is 2.10. The van der Waals surface area contributed by atoms with Crippen molar-refractivity contribution in [1.29, 1.82) is 0 Å². The first-order valence-electron chi connectivity index (χ1n) is 6.25. The third-order valence-electron chi connectivity index (χ3n) is 2.67. The van der Waals surface area contributed by atoms with Gasteiger partial charge >= 0.3 is 5.97 Å². The zero-order valence-corrected chi connectivity index (χ0v) is 13.1. The van der Waals surface area contributed by atoms with Crippen LogP contribution in [0.25, 0.3) is 0 Å². The summed E-state index contributed by atoms with van der Waals surface area (Å²) in [7, 11) is 1.35. The van der Waals surface area contributed by atoms with E-state index in [1.54, 1.807) is 18.3 Å². The summed E-state index contributed by atoms with van der Waals surface area (Å²) >= 11 is 3.28. The molecule has 0 aromatic carbocycles. The van der Waals surface area contributed by atoms with Crippen LogP contribution in [-0.2, 0) is 14.3 Å². The Morgan fingerprint density at radius 1 is 1.45 bits per heavy atom. The molecule has 1 amide bonds. The van der Waals surface area contributed by atoms with Crippen LogP contribution in [0, 0.1) is 0 Å². The maximum atomic E-state index is 11.9. The maximum Gasteiger partial charge on any atom is 0.306 e. The third kappa shape index (κ3) is 6.12. The van der Waals surface area contributed by atoms with Crippen LogP contribution in [0.3, 0.4) is 0 Å². The van der Waals surface area contributed by atoms with Gasteiger partial charge in [-0.15, -0.1) is 0 Å². The van der Waals surface area contributed by atoms with E-state index in [0.717, 1.165) is 4.47 Å². The lowest BCUT2D eigenvalue weighted by Crippen LogP contribution is -2.34. The number of esters is 1. The Hall–Kier alpha value is -1.47. The van der Waals surface area contributed by atoms with E-state index in [-0.39, 0.29) is 24.8 Å². The highest BCUT2D eigenvalue weighted by molar-refractivity contribution is 9.10. The van der Waals surface area contributed by atoms with Crippen molar-refractivity contribution in [2.75, 3.05) is 32.1 Å². The second-order valence-electron chi connectivity index (χ2n) is 4.10. The van der Waals surface area contributed by atoms with Crippen LogP contribution in [0.15, 0.2) is 22.8 Å². The van der Waals surface area contributed by atoms with Crippen LogP contribution in [-0.4, -0.2) is 48.5 Å². The Bertz CT molecular complexity index is 451. The molecule has 7 heteroatoms. The molecular weight excluding hydrogens is 326 g/mol. The quantitative estimate of drug-likeness (QED) is 0.762. The molecule has 0 unspecified atom stereocenters. The van der Waals surface area contributed by atoms with Gasteiger partial charge in [0.05, 0.1) is 20.1 Å². The number of aromatic nitrogens is 1.